The van der Waals surface area contributed by atoms with Gasteiger partial charge in [0.1, 0.15) is 189 Å². The zero-order valence-electron chi connectivity index (χ0n) is 71.7. The molecule has 14 rings (SSSR count). The molecule has 0 aromatic carbocycles. The highest BCUT2D eigenvalue weighted by molar-refractivity contribution is 5.79. The number of fused-ring (bicyclic) bond motifs is 7. The number of hydrogen-bond acceptors (Lipinski definition) is 44. The number of ether oxygens (including phenoxy) is 18. The van der Waals surface area contributed by atoms with Gasteiger partial charge in [-0.1, -0.05) is 53.2 Å². The Bertz CT molecular complexity index is 3630. The van der Waals surface area contributed by atoms with Crippen molar-refractivity contribution in [3.63, 3.8) is 0 Å². The molecule has 4 saturated carbocycles. The Labute approximate surface area is 726 Å². The normalized spacial score (nSPS) is 55.3. The SMILES string of the molecule is C[C@@H]1O[C@@H](O[C@H]2[C@H](O)[C@@H](O)[C@H](OC[C@H]3O[C@@H](O[C@@H]4[C@@H](O)[C@@H](O)[C@H](O[C@H]5[C@H](O)[C@@H](O)[C@H](OC[C@H]6O[C@@H](OC(=O)[C@]78CCC(C)(C)C[C@H]7C7=CC[C@@H]9[C@@]%10(C)CC[C@H](O[C@@H]%11OC[C@H](O)[C@H](O)[C@H]%11O[C@@H]%11O[C@@H](C)[C@H](O)[C@@H](O[C@@H]%12OC[C@@H](O)[C@@H](O)[C@H]%12O)[C@H]%11O)[C@@](C)(CO)[C@@H]%10CC[C@@]9(C)[C@]7(C)CC8)[C@H](O)[C@@H](O)[C@@H]6O)O[C@@H]5CO)O[C@H]4C)[C@H](O)[C@@H](O)[C@@H]3O)O[C@@H]2CO)[C@H](O)[C@H](O)[C@H]1O. The van der Waals surface area contributed by atoms with Crippen LogP contribution in [-0.2, 0) is 90.1 Å². The van der Waals surface area contributed by atoms with Gasteiger partial charge in [-0.3, -0.25) is 4.79 Å². The van der Waals surface area contributed by atoms with Crippen LogP contribution in [0.2, 0.25) is 0 Å². The number of allylic oxidation sites excluding steroid dienone is 2. The molecule has 25 N–H and O–H groups in total. The van der Waals surface area contributed by atoms with Crippen molar-refractivity contribution in [1.29, 1.82) is 0 Å². The number of carbonyl (C=O) groups excluding carboxylic acids is 1. The third kappa shape index (κ3) is 18.0. The molecule has 0 amide bonds. The van der Waals surface area contributed by atoms with E-state index in [9.17, 15) is 128 Å². The first-order valence-corrected chi connectivity index (χ1v) is 43.9. The zero-order valence-corrected chi connectivity index (χ0v) is 71.7. The monoisotopic (exact) mass is 1820 g/mol. The maximum atomic E-state index is 15.5. The number of aliphatic hydroxyl groups excluding tert-OH is 25. The number of carbonyl (C=O) groups is 1. The summed E-state index contributed by atoms with van der Waals surface area (Å²) in [5.74, 6) is -1.24. The van der Waals surface area contributed by atoms with Crippen molar-refractivity contribution in [2.75, 3.05) is 46.2 Å². The number of hydrogen-bond donors (Lipinski definition) is 25. The predicted octanol–water partition coefficient (Wildman–Crippen LogP) is -9.58. The van der Waals surface area contributed by atoms with Crippen LogP contribution in [-0.4, -0.2) is 450 Å². The first-order valence-electron chi connectivity index (χ1n) is 43.9. The van der Waals surface area contributed by atoms with Gasteiger partial charge in [-0.2, -0.15) is 0 Å². The molecule has 44 heteroatoms. The minimum absolute atomic E-state index is 0.0230. The highest BCUT2D eigenvalue weighted by Crippen LogP contribution is 2.76. The van der Waals surface area contributed by atoms with Crippen molar-refractivity contribution in [2.24, 2.45) is 50.2 Å². The zero-order chi connectivity index (χ0) is 91.7. The molecule has 0 bridgehead atoms. The third-order valence-corrected chi connectivity index (χ3v) is 31.2. The summed E-state index contributed by atoms with van der Waals surface area (Å²) in [6.45, 7) is 12.7. The molecule has 0 unspecified atom stereocenters. The lowest BCUT2D eigenvalue weighted by Crippen LogP contribution is -2.67. The highest BCUT2D eigenvalue weighted by Gasteiger charge is 2.72. The second-order valence-electron chi connectivity index (χ2n) is 39.3. The number of esters is 1. The van der Waals surface area contributed by atoms with Gasteiger partial charge in [0.15, 0.2) is 50.3 Å². The molecule has 0 aromatic rings. The van der Waals surface area contributed by atoms with Crippen LogP contribution in [0.5, 0.6) is 0 Å². The van der Waals surface area contributed by atoms with Crippen LogP contribution in [0.25, 0.3) is 0 Å². The van der Waals surface area contributed by atoms with Crippen LogP contribution in [0.4, 0.5) is 0 Å². The van der Waals surface area contributed by atoms with Crippen molar-refractivity contribution in [3.8, 4) is 0 Å². The van der Waals surface area contributed by atoms with Gasteiger partial charge in [-0.25, -0.2) is 0 Å². The molecule has 14 aliphatic rings. The highest BCUT2D eigenvalue weighted by atomic mass is 16.8. The lowest BCUT2D eigenvalue weighted by molar-refractivity contribution is -0.381. The summed E-state index contributed by atoms with van der Waals surface area (Å²) in [5, 5.41) is 276. The van der Waals surface area contributed by atoms with Gasteiger partial charge in [0.05, 0.1) is 76.1 Å². The molecule has 9 heterocycles. The summed E-state index contributed by atoms with van der Waals surface area (Å²) in [5.41, 5.74) is -2.62. The molecule has 13 fully saturated rings. The fourth-order valence-corrected chi connectivity index (χ4v) is 23.0. The molecule has 0 spiro atoms. The van der Waals surface area contributed by atoms with E-state index < -0.39 is 336 Å². The number of rotatable bonds is 23. The lowest BCUT2D eigenvalue weighted by Gasteiger charge is -2.71. The minimum atomic E-state index is -2.11. The largest absolute Gasteiger partial charge is 0.432 e. The van der Waals surface area contributed by atoms with E-state index in [0.29, 0.717) is 64.2 Å². The minimum Gasteiger partial charge on any atom is -0.432 e. The fraction of sp³-hybridized carbons (Fsp3) is 0.963. The van der Waals surface area contributed by atoms with Crippen molar-refractivity contribution >= 4 is 5.97 Å². The van der Waals surface area contributed by atoms with Crippen molar-refractivity contribution in [1.82, 2.24) is 0 Å². The summed E-state index contributed by atoms with van der Waals surface area (Å²) in [4.78, 5) is 15.5. The summed E-state index contributed by atoms with van der Waals surface area (Å²) >= 11 is 0. The van der Waals surface area contributed by atoms with Gasteiger partial charge in [-0.15, -0.1) is 0 Å². The van der Waals surface area contributed by atoms with E-state index in [2.05, 4.69) is 40.7 Å². The predicted molar refractivity (Wildman–Crippen MR) is 411 cm³/mol. The smallest absolute Gasteiger partial charge is 0.315 e. The first-order chi connectivity index (χ1) is 59.2. The molecule has 126 heavy (non-hydrogen) atoms. The second kappa shape index (κ2) is 38.6. The van der Waals surface area contributed by atoms with Crippen LogP contribution in [0, 0.1) is 50.2 Å². The maximum Gasteiger partial charge on any atom is 0.315 e. The van der Waals surface area contributed by atoms with Gasteiger partial charge in [0.2, 0.25) is 6.29 Å². The topological polar surface area (TPSA) is 689 Å². The lowest BCUT2D eigenvalue weighted by atomic mass is 9.33. The van der Waals surface area contributed by atoms with Crippen LogP contribution in [0.1, 0.15) is 127 Å². The summed E-state index contributed by atoms with van der Waals surface area (Å²) in [7, 11) is 0. The van der Waals surface area contributed by atoms with E-state index in [1.54, 1.807) is 0 Å². The molecule has 44 nitrogen and oxygen atoms in total. The van der Waals surface area contributed by atoms with Crippen molar-refractivity contribution < 1.29 is 218 Å². The molecule has 5 aliphatic carbocycles. The van der Waals surface area contributed by atoms with Gasteiger partial charge in [-0.05, 0) is 124 Å². The van der Waals surface area contributed by atoms with Gasteiger partial charge >= 0.3 is 5.97 Å². The Kier molecular flexibility index (Phi) is 30.5. The van der Waals surface area contributed by atoms with Crippen LogP contribution in [0.15, 0.2) is 11.6 Å². The quantitative estimate of drug-likeness (QED) is 0.0257. The Morgan fingerprint density at radius 2 is 0.825 bits per heavy atom. The van der Waals surface area contributed by atoms with Crippen LogP contribution >= 0.6 is 0 Å². The Balaban J connectivity index is 0.586. The van der Waals surface area contributed by atoms with E-state index in [4.69, 9.17) is 85.3 Å². The Morgan fingerprint density at radius 3 is 1.40 bits per heavy atom. The molecule has 726 valence electrons. The molecule has 9 saturated heterocycles. The van der Waals surface area contributed by atoms with Crippen LogP contribution in [0.3, 0.4) is 0 Å². The standard InChI is InChI=1S/C82H134O44/c1-28-42(88)48(94)55(101)70(113-28)122-63-35(21-83)116-67(58(104)52(63)98)111-25-37-46(92)49(95)56(102)72(118-37)121-62-30(3)115-71(60(106)51(62)97)123-64-36(22-84)117-68(59(105)53(64)99)112-26-38-47(93)50(96)57(103)73(119-38)126-76(108)82-18-16-77(4,5)20-32(82)31-10-11-40-78(6)14-13-41(79(7,27-85)39(78)12-15-81(40,9)80(31,8)17-19-82)120-75-66(45(91)34(87)24-110-75)125-74-61(107)65(43(89)29(2)114-74)124-69-54(100)44(90)33(86)23-109-69/h10,28-30,32-75,83-107H,11-27H2,1-9H3/t28-,29-,30-,32-,33+,34-,35+,36+,37+,38+,39+,40+,41-,42-,43-,44+,45-,46+,47+,48+,49-,50-,51-,52+,53+,54+,55+,56+,57+,58+,59+,60+,61+,62-,63+,64+,65+,66+,67+,68+,69-,70-,71-,72-,73-,74-,75-,78-,79-,80+,81+,82-/m0/s1. The molecule has 9 aliphatic heterocycles. The Hall–Kier alpha value is -2.47. The van der Waals surface area contributed by atoms with E-state index >= 15 is 4.79 Å². The molecule has 52 atom stereocenters. The first kappa shape index (κ1) is 99.5. The summed E-state index contributed by atoms with van der Waals surface area (Å²) in [6, 6.07) is 0. The third-order valence-electron chi connectivity index (χ3n) is 31.2. The van der Waals surface area contributed by atoms with Crippen molar-refractivity contribution in [2.45, 2.75) is 397 Å². The molecule has 0 aromatic heterocycles. The van der Waals surface area contributed by atoms with Crippen LogP contribution < -0.4 is 0 Å². The Morgan fingerprint density at radius 1 is 0.381 bits per heavy atom. The second-order valence-corrected chi connectivity index (χ2v) is 39.3. The molecular formula is C82H134O44. The van der Waals surface area contributed by atoms with E-state index in [1.165, 1.54) is 20.8 Å². The van der Waals surface area contributed by atoms with Crippen molar-refractivity contribution in [3.05, 3.63) is 11.6 Å². The fourth-order valence-electron chi connectivity index (χ4n) is 23.0. The van der Waals surface area contributed by atoms with E-state index in [1.807, 2.05) is 6.92 Å². The average molecular weight is 1820 g/mol. The van der Waals surface area contributed by atoms with Gasteiger partial charge in [0.25, 0.3) is 0 Å². The van der Waals surface area contributed by atoms with Gasteiger partial charge in [0, 0.05) is 5.41 Å². The number of aliphatic hydroxyl groups is 25. The molecule has 0 radical (unpaired) electrons. The maximum absolute atomic E-state index is 15.5. The summed E-state index contributed by atoms with van der Waals surface area (Å²) in [6.07, 6.45) is -67.7. The van der Waals surface area contributed by atoms with E-state index in [0.717, 1.165) is 5.57 Å². The molecular weight excluding hydrogens is 1690 g/mol. The van der Waals surface area contributed by atoms with Gasteiger partial charge < -0.3 is 213 Å². The van der Waals surface area contributed by atoms with E-state index in [-0.39, 0.29) is 36.4 Å². The summed E-state index contributed by atoms with van der Waals surface area (Å²) < 4.78 is 106. The average Bonchev–Trinajstić information content (AvgIpc) is 0.672.